The molecule has 0 fully saturated rings. The summed E-state index contributed by atoms with van der Waals surface area (Å²) in [4.78, 5) is 23.1. The number of anilines is 1. The fraction of sp³-hybridized carbons (Fsp3) is 0.500. The summed E-state index contributed by atoms with van der Waals surface area (Å²) >= 11 is 0. The molecule has 6 nitrogen and oxygen atoms in total. The molecule has 0 atom stereocenters. The molecule has 0 heterocycles. The van der Waals surface area contributed by atoms with E-state index in [1.54, 1.807) is 24.3 Å². The molecule has 0 aliphatic rings. The number of ketones is 1. The fourth-order valence-electron chi connectivity index (χ4n) is 1.96. The van der Waals surface area contributed by atoms with Crippen LogP contribution in [0.3, 0.4) is 0 Å². The molecule has 0 bridgehead atoms. The Balaban J connectivity index is 2.82. The number of hydrogen-bond acceptors (Lipinski definition) is 4. The van der Waals surface area contributed by atoms with Crippen LogP contribution in [0.25, 0.3) is 0 Å². The lowest BCUT2D eigenvalue weighted by Gasteiger charge is -2.22. The van der Waals surface area contributed by atoms with E-state index in [4.69, 9.17) is 0 Å². The number of nitrogens with zero attached hydrogens (tertiary/aromatic N) is 1. The van der Waals surface area contributed by atoms with E-state index >= 15 is 0 Å². The monoisotopic (exact) mass is 340 g/mol. The lowest BCUT2D eigenvalue weighted by Crippen LogP contribution is -2.35. The first kappa shape index (κ1) is 19.2. The second-order valence-corrected chi connectivity index (χ2v) is 7.79. The average Bonchev–Trinajstić information content (AvgIpc) is 2.44. The normalized spacial score (nSPS) is 11.3. The van der Waals surface area contributed by atoms with Crippen LogP contribution < -0.4 is 9.62 Å². The van der Waals surface area contributed by atoms with E-state index in [1.165, 1.54) is 11.2 Å². The van der Waals surface area contributed by atoms with Gasteiger partial charge < -0.3 is 5.32 Å². The van der Waals surface area contributed by atoms with Crippen LogP contribution in [0.2, 0.25) is 0 Å². The first-order chi connectivity index (χ1) is 10.6. The third kappa shape index (κ3) is 6.40. The fourth-order valence-corrected chi connectivity index (χ4v) is 2.89. The molecule has 1 aromatic rings. The molecule has 1 amide bonds. The number of benzene rings is 1. The largest absolute Gasteiger partial charge is 0.356 e. The molecule has 0 spiro atoms. The van der Waals surface area contributed by atoms with Gasteiger partial charge in [-0.25, -0.2) is 8.42 Å². The average molecular weight is 340 g/mol. The summed E-state index contributed by atoms with van der Waals surface area (Å²) in [5, 5.41) is 2.76. The highest BCUT2D eigenvalue weighted by Gasteiger charge is 2.18. The Kier molecular flexibility index (Phi) is 6.75. The van der Waals surface area contributed by atoms with Gasteiger partial charge in [0.05, 0.1) is 11.9 Å². The Morgan fingerprint density at radius 1 is 1.17 bits per heavy atom. The Morgan fingerprint density at radius 3 is 2.17 bits per heavy atom. The van der Waals surface area contributed by atoms with E-state index in [9.17, 15) is 18.0 Å². The topological polar surface area (TPSA) is 83.6 Å². The van der Waals surface area contributed by atoms with Crippen molar-refractivity contribution in [3.8, 4) is 0 Å². The lowest BCUT2D eigenvalue weighted by atomic mass is 10.1. The molecule has 0 aliphatic carbocycles. The number of amides is 1. The van der Waals surface area contributed by atoms with Crippen molar-refractivity contribution < 1.29 is 18.0 Å². The van der Waals surface area contributed by atoms with Gasteiger partial charge in [0.1, 0.15) is 0 Å². The van der Waals surface area contributed by atoms with Crippen LogP contribution in [0.15, 0.2) is 24.3 Å². The van der Waals surface area contributed by atoms with E-state index in [-0.39, 0.29) is 24.7 Å². The van der Waals surface area contributed by atoms with Gasteiger partial charge in [-0.05, 0) is 37.1 Å². The molecule has 0 saturated heterocycles. The van der Waals surface area contributed by atoms with E-state index < -0.39 is 10.0 Å². The summed E-state index contributed by atoms with van der Waals surface area (Å²) < 4.78 is 25.1. The first-order valence-corrected chi connectivity index (χ1v) is 9.31. The van der Waals surface area contributed by atoms with Crippen molar-refractivity contribution >= 4 is 27.4 Å². The van der Waals surface area contributed by atoms with Crippen molar-refractivity contribution in [1.29, 1.82) is 0 Å². The smallest absolute Gasteiger partial charge is 0.232 e. The molecule has 128 valence electrons. The van der Waals surface area contributed by atoms with Gasteiger partial charge in [-0.1, -0.05) is 13.8 Å². The molecule has 1 rings (SSSR count). The van der Waals surface area contributed by atoms with Gasteiger partial charge in [-0.2, -0.15) is 0 Å². The lowest BCUT2D eigenvalue weighted by molar-refractivity contribution is -0.121. The first-order valence-electron chi connectivity index (χ1n) is 7.46. The summed E-state index contributed by atoms with van der Waals surface area (Å²) in [6.07, 6.45) is 1.17. The van der Waals surface area contributed by atoms with Crippen molar-refractivity contribution in [1.82, 2.24) is 5.32 Å². The minimum absolute atomic E-state index is 0.0577. The van der Waals surface area contributed by atoms with Crippen LogP contribution in [0, 0.1) is 5.92 Å². The van der Waals surface area contributed by atoms with Gasteiger partial charge >= 0.3 is 0 Å². The third-order valence-electron chi connectivity index (χ3n) is 3.21. The number of carbonyl (C=O) groups is 2. The van der Waals surface area contributed by atoms with Crippen molar-refractivity contribution in [3.05, 3.63) is 29.8 Å². The van der Waals surface area contributed by atoms with Gasteiger partial charge in [0.2, 0.25) is 15.9 Å². The summed E-state index contributed by atoms with van der Waals surface area (Å²) in [5.74, 6) is 0.0623. The van der Waals surface area contributed by atoms with Gasteiger partial charge in [0.25, 0.3) is 0 Å². The molecule has 23 heavy (non-hydrogen) atoms. The summed E-state index contributed by atoms with van der Waals surface area (Å²) in [7, 11) is -3.51. The van der Waals surface area contributed by atoms with Crippen molar-refractivity contribution in [2.45, 2.75) is 27.2 Å². The van der Waals surface area contributed by atoms with Crippen LogP contribution in [0.5, 0.6) is 0 Å². The predicted molar refractivity (Wildman–Crippen MR) is 91.1 cm³/mol. The molecule has 0 unspecified atom stereocenters. The molecule has 0 saturated carbocycles. The zero-order chi connectivity index (χ0) is 17.6. The Labute approximate surface area is 137 Å². The zero-order valence-corrected chi connectivity index (χ0v) is 14.8. The number of hydrogen-bond donors (Lipinski definition) is 1. The van der Waals surface area contributed by atoms with Gasteiger partial charge in [-0.15, -0.1) is 0 Å². The van der Waals surface area contributed by atoms with Crippen molar-refractivity contribution in [2.24, 2.45) is 5.92 Å². The second kappa shape index (κ2) is 8.10. The predicted octanol–water partition coefficient (Wildman–Crippen LogP) is 1.82. The molecule has 7 heteroatoms. The maximum atomic E-state index is 12.0. The van der Waals surface area contributed by atoms with Crippen LogP contribution >= 0.6 is 0 Å². The van der Waals surface area contributed by atoms with E-state index in [2.05, 4.69) is 5.32 Å². The van der Waals surface area contributed by atoms with E-state index in [1.807, 2.05) is 13.8 Å². The molecular weight excluding hydrogens is 316 g/mol. The van der Waals surface area contributed by atoms with Gasteiger partial charge in [0, 0.05) is 25.1 Å². The number of nitrogens with one attached hydrogen (secondary N) is 1. The quantitative estimate of drug-likeness (QED) is 0.732. The Morgan fingerprint density at radius 2 is 1.74 bits per heavy atom. The molecule has 0 aromatic heterocycles. The SMILES string of the molecule is CC(=O)c1ccc(N(CCC(=O)NCC(C)C)S(C)(=O)=O)cc1. The van der Waals surface area contributed by atoms with Crippen LogP contribution in [-0.2, 0) is 14.8 Å². The van der Waals surface area contributed by atoms with Crippen molar-refractivity contribution in [2.75, 3.05) is 23.7 Å². The van der Waals surface area contributed by atoms with Crippen LogP contribution in [-0.4, -0.2) is 39.5 Å². The summed E-state index contributed by atoms with van der Waals surface area (Å²) in [5.41, 5.74) is 0.950. The Bertz CT molecular complexity index is 651. The highest BCUT2D eigenvalue weighted by atomic mass is 32.2. The Hall–Kier alpha value is -1.89. The van der Waals surface area contributed by atoms with Gasteiger partial charge in [-0.3, -0.25) is 13.9 Å². The minimum Gasteiger partial charge on any atom is -0.356 e. The highest BCUT2D eigenvalue weighted by Crippen LogP contribution is 2.19. The molecule has 0 radical (unpaired) electrons. The van der Waals surface area contributed by atoms with E-state index in [0.717, 1.165) is 6.26 Å². The maximum absolute atomic E-state index is 12.0. The summed E-state index contributed by atoms with van der Waals surface area (Å²) in [6.45, 7) is 6.04. The second-order valence-electron chi connectivity index (χ2n) is 5.89. The third-order valence-corrected chi connectivity index (χ3v) is 4.41. The van der Waals surface area contributed by atoms with Gasteiger partial charge in [0.15, 0.2) is 5.78 Å². The number of sulfonamides is 1. The number of rotatable bonds is 8. The van der Waals surface area contributed by atoms with Crippen LogP contribution in [0.1, 0.15) is 37.6 Å². The standard InChI is InChI=1S/C16H24N2O4S/c1-12(2)11-17-16(20)9-10-18(23(4,21)22)15-7-5-14(6-8-15)13(3)19/h5-8,12H,9-11H2,1-4H3,(H,17,20). The minimum atomic E-state index is -3.51. The molecule has 1 aromatic carbocycles. The zero-order valence-electron chi connectivity index (χ0n) is 14.0. The molecule has 1 N–H and O–H groups in total. The summed E-state index contributed by atoms with van der Waals surface area (Å²) in [6, 6.07) is 6.30. The molecular formula is C16H24N2O4S. The maximum Gasteiger partial charge on any atom is 0.232 e. The highest BCUT2D eigenvalue weighted by molar-refractivity contribution is 7.92. The van der Waals surface area contributed by atoms with Crippen molar-refractivity contribution in [3.63, 3.8) is 0 Å². The van der Waals surface area contributed by atoms with E-state index in [0.29, 0.717) is 23.7 Å². The van der Waals surface area contributed by atoms with Crippen LogP contribution in [0.4, 0.5) is 5.69 Å². The molecule has 0 aliphatic heterocycles. The number of carbonyl (C=O) groups excluding carboxylic acids is 2. The number of Topliss-reactive ketones (excluding diaryl/α,β-unsaturated/α-hetero) is 1.